The van der Waals surface area contributed by atoms with Crippen molar-refractivity contribution in [2.45, 2.75) is 139 Å². The highest BCUT2D eigenvalue weighted by Gasteiger charge is 2.73. The predicted molar refractivity (Wildman–Crippen MR) is 169 cm³/mol. The second-order valence-corrected chi connectivity index (χ2v) is 17.2. The molecule has 4 fully saturated rings. The van der Waals surface area contributed by atoms with E-state index in [1.54, 1.807) is 19.9 Å². The van der Waals surface area contributed by atoms with Crippen molar-refractivity contribution in [2.75, 3.05) is 6.61 Å². The summed E-state index contributed by atoms with van der Waals surface area (Å²) in [6, 6.07) is 0. The van der Waals surface area contributed by atoms with Crippen LogP contribution in [0.4, 0.5) is 0 Å². The summed E-state index contributed by atoms with van der Waals surface area (Å²) in [5.74, 6) is -0.463. The van der Waals surface area contributed by atoms with Crippen LogP contribution in [0.3, 0.4) is 0 Å². The largest absolute Gasteiger partial charge is 0.458 e. The summed E-state index contributed by atoms with van der Waals surface area (Å²) in [5, 5.41) is 34.7. The summed E-state index contributed by atoms with van der Waals surface area (Å²) >= 11 is 0. The molecule has 0 saturated heterocycles. The molecule has 0 aromatic heterocycles. The molecule has 5 rings (SSSR count). The Hall–Kier alpha value is -1.70. The average molecular weight is 615 g/mol. The Labute approximate surface area is 264 Å². The van der Waals surface area contributed by atoms with Crippen LogP contribution >= 0.6 is 0 Å². The third-order valence-electron chi connectivity index (χ3n) is 14.6. The van der Waals surface area contributed by atoms with Crippen LogP contribution in [0.2, 0.25) is 0 Å². The van der Waals surface area contributed by atoms with Gasteiger partial charge in [-0.05, 0) is 98.2 Å². The summed E-state index contributed by atoms with van der Waals surface area (Å²) in [5.41, 5.74) is -0.624. The summed E-state index contributed by atoms with van der Waals surface area (Å²) < 4.78 is 12.2. The molecule has 11 atom stereocenters. The fraction of sp³-hybridized carbons (Fsp3) is 0.838. The first-order chi connectivity index (χ1) is 20.3. The molecule has 0 heterocycles. The molecule has 0 bridgehead atoms. The van der Waals surface area contributed by atoms with E-state index in [-0.39, 0.29) is 40.3 Å². The monoisotopic (exact) mass is 614 g/mol. The molecule has 0 radical (unpaired) electrons. The molecule has 7 heteroatoms. The number of hydrogen-bond acceptors (Lipinski definition) is 7. The third-order valence-corrected chi connectivity index (χ3v) is 14.6. The van der Waals surface area contributed by atoms with Crippen molar-refractivity contribution >= 4 is 11.9 Å². The number of aliphatic hydroxyl groups is 3. The number of allylic oxidation sites excluding steroid dienone is 3. The third kappa shape index (κ3) is 4.37. The molecule has 5 aliphatic rings. The van der Waals surface area contributed by atoms with E-state index in [0.717, 1.165) is 32.1 Å². The summed E-state index contributed by atoms with van der Waals surface area (Å²) in [4.78, 5) is 25.7. The van der Waals surface area contributed by atoms with Gasteiger partial charge in [-0.15, -0.1) is 0 Å². The van der Waals surface area contributed by atoms with Gasteiger partial charge in [0.05, 0.1) is 24.2 Å². The molecule has 0 unspecified atom stereocenters. The van der Waals surface area contributed by atoms with Gasteiger partial charge in [-0.1, -0.05) is 66.2 Å². The van der Waals surface area contributed by atoms with E-state index in [4.69, 9.17) is 9.47 Å². The van der Waals surface area contributed by atoms with Gasteiger partial charge in [-0.2, -0.15) is 0 Å². The Morgan fingerprint density at radius 2 is 1.57 bits per heavy atom. The lowest BCUT2D eigenvalue weighted by atomic mass is 9.33. The summed E-state index contributed by atoms with van der Waals surface area (Å²) in [7, 11) is 0. The van der Waals surface area contributed by atoms with Crippen LogP contribution in [-0.2, 0) is 19.1 Å². The minimum atomic E-state index is -1.21. The molecule has 44 heavy (non-hydrogen) atoms. The van der Waals surface area contributed by atoms with Gasteiger partial charge in [0, 0.05) is 17.9 Å². The van der Waals surface area contributed by atoms with Gasteiger partial charge in [0.25, 0.3) is 0 Å². The molecule has 0 amide bonds. The number of hydrogen-bond donors (Lipinski definition) is 3. The van der Waals surface area contributed by atoms with Crippen molar-refractivity contribution in [3.63, 3.8) is 0 Å². The first kappa shape index (κ1) is 33.7. The Balaban J connectivity index is 1.63. The normalized spacial score (nSPS) is 47.6. The molecular formula is C37H58O7. The van der Waals surface area contributed by atoms with E-state index in [0.29, 0.717) is 30.3 Å². The van der Waals surface area contributed by atoms with Crippen molar-refractivity contribution in [3.05, 3.63) is 23.3 Å². The van der Waals surface area contributed by atoms with Gasteiger partial charge < -0.3 is 24.8 Å². The zero-order valence-corrected chi connectivity index (χ0v) is 28.8. The molecule has 5 aliphatic carbocycles. The van der Waals surface area contributed by atoms with Crippen LogP contribution in [-0.4, -0.2) is 58.3 Å². The van der Waals surface area contributed by atoms with E-state index in [9.17, 15) is 24.9 Å². The summed E-state index contributed by atoms with van der Waals surface area (Å²) in [6.45, 7) is 20.2. The average Bonchev–Trinajstić information content (AvgIpc) is 2.92. The molecule has 7 nitrogen and oxygen atoms in total. The zero-order chi connectivity index (χ0) is 32.8. The highest BCUT2D eigenvalue weighted by molar-refractivity contribution is 5.87. The maximum atomic E-state index is 13.1. The smallest absolute Gasteiger partial charge is 0.333 e. The van der Waals surface area contributed by atoms with E-state index in [2.05, 4.69) is 40.7 Å². The Morgan fingerprint density at radius 1 is 0.909 bits per heavy atom. The second kappa shape index (κ2) is 10.7. The van der Waals surface area contributed by atoms with Crippen LogP contribution in [0.5, 0.6) is 0 Å². The fourth-order valence-electron chi connectivity index (χ4n) is 11.7. The van der Waals surface area contributed by atoms with Crippen LogP contribution in [0.25, 0.3) is 0 Å². The van der Waals surface area contributed by atoms with E-state index < -0.39 is 41.1 Å². The quantitative estimate of drug-likeness (QED) is 0.198. The molecule has 4 saturated carbocycles. The SMILES string of the molecule is C/C=C(/C)C(=O)O[C@H]1[C@H](OC(C)=O)[C@]2(CO)[C@H](O)C[C@]3(C)C(=CC[C@@H]4[C@@]5(C)CC[C@@H](O)C(C)(C)[C@@H]5CC[C@]43C)[C@@H]2CC1(C)C. The van der Waals surface area contributed by atoms with Crippen LogP contribution in [0, 0.1) is 50.2 Å². The first-order valence-corrected chi connectivity index (χ1v) is 17.0. The number of carbonyl (C=O) groups is 2. The van der Waals surface area contributed by atoms with Crippen molar-refractivity contribution in [2.24, 2.45) is 50.2 Å². The molecule has 0 aliphatic heterocycles. The lowest BCUT2D eigenvalue weighted by Crippen LogP contribution is -2.72. The van der Waals surface area contributed by atoms with Crippen LogP contribution in [0.1, 0.15) is 114 Å². The van der Waals surface area contributed by atoms with Crippen LogP contribution < -0.4 is 0 Å². The van der Waals surface area contributed by atoms with Crippen LogP contribution in [0.15, 0.2) is 23.3 Å². The van der Waals surface area contributed by atoms with E-state index in [1.807, 2.05) is 13.8 Å². The highest BCUT2D eigenvalue weighted by atomic mass is 16.6. The Kier molecular flexibility index (Phi) is 8.16. The van der Waals surface area contributed by atoms with E-state index in [1.165, 1.54) is 12.5 Å². The molecule has 0 aromatic rings. The molecule has 0 aromatic carbocycles. The Morgan fingerprint density at radius 3 is 2.16 bits per heavy atom. The van der Waals surface area contributed by atoms with E-state index >= 15 is 0 Å². The van der Waals surface area contributed by atoms with Crippen molar-refractivity contribution in [1.29, 1.82) is 0 Å². The maximum Gasteiger partial charge on any atom is 0.333 e. The minimum absolute atomic E-state index is 0.0628. The topological polar surface area (TPSA) is 113 Å². The standard InChI is InChI=1S/C37H58O7/c1-11-21(2)31(42)44-29-30(43-22(3)39)37(20-38)24(18-32(29,4)5)23-12-13-26-34(8)16-15-27(40)33(6,7)25(34)14-17-35(26,9)36(23,10)19-28(37)41/h11-12,24-30,38,40-41H,13-20H2,1-10H3/b21-11-/t24-,25-,26+,27+,28+,29-,30-,34-,35+,36+,37-/m0/s1. The maximum absolute atomic E-state index is 13.1. The molecular weight excluding hydrogens is 556 g/mol. The van der Waals surface area contributed by atoms with Gasteiger partial charge in [0.1, 0.15) is 12.2 Å². The highest BCUT2D eigenvalue weighted by Crippen LogP contribution is 2.76. The van der Waals surface area contributed by atoms with Crippen molar-refractivity contribution in [3.8, 4) is 0 Å². The van der Waals surface area contributed by atoms with Gasteiger partial charge in [0.15, 0.2) is 0 Å². The lowest BCUT2D eigenvalue weighted by molar-refractivity contribution is -0.265. The molecule has 248 valence electrons. The van der Waals surface area contributed by atoms with Gasteiger partial charge in [-0.3, -0.25) is 4.79 Å². The number of rotatable bonds is 4. The van der Waals surface area contributed by atoms with Crippen molar-refractivity contribution in [1.82, 2.24) is 0 Å². The minimum Gasteiger partial charge on any atom is -0.458 e. The molecule has 0 spiro atoms. The summed E-state index contributed by atoms with van der Waals surface area (Å²) in [6.07, 6.45) is 6.76. The number of aliphatic hydroxyl groups excluding tert-OH is 3. The second-order valence-electron chi connectivity index (χ2n) is 17.2. The number of fused-ring (bicyclic) bond motifs is 7. The van der Waals surface area contributed by atoms with Gasteiger partial charge in [-0.25, -0.2) is 4.79 Å². The zero-order valence-electron chi connectivity index (χ0n) is 28.8. The Bertz CT molecular complexity index is 1250. The fourth-order valence-corrected chi connectivity index (χ4v) is 11.7. The van der Waals surface area contributed by atoms with Gasteiger partial charge >= 0.3 is 11.9 Å². The molecule has 3 N–H and O–H groups in total. The number of esters is 2. The van der Waals surface area contributed by atoms with Crippen molar-refractivity contribution < 1.29 is 34.4 Å². The predicted octanol–water partition coefficient (Wildman–Crippen LogP) is 6.14. The number of ether oxygens (including phenoxy) is 2. The lowest BCUT2D eigenvalue weighted by Gasteiger charge is -2.72. The first-order valence-electron chi connectivity index (χ1n) is 17.0. The number of carbonyl (C=O) groups excluding carboxylic acids is 2. The van der Waals surface area contributed by atoms with Gasteiger partial charge in [0.2, 0.25) is 0 Å².